The van der Waals surface area contributed by atoms with Gasteiger partial charge in [0, 0.05) is 18.8 Å². The normalized spacial score (nSPS) is 15.9. The number of halogens is 1. The molecule has 0 spiro atoms. The largest absolute Gasteiger partial charge is 0.481 e. The molecule has 0 atom stereocenters. The highest BCUT2D eigenvalue weighted by atomic mass is 19.1. The number of aliphatic carboxylic acids is 1. The molecule has 0 aromatic heterocycles. The van der Waals surface area contributed by atoms with Crippen LogP contribution in [0, 0.1) is 5.82 Å². The van der Waals surface area contributed by atoms with E-state index >= 15 is 0 Å². The molecule has 0 saturated carbocycles. The summed E-state index contributed by atoms with van der Waals surface area (Å²) in [6.45, 7) is 1.86. The number of hydrogen-bond acceptors (Lipinski definition) is 2. The second-order valence-corrected chi connectivity index (χ2v) is 4.39. The fraction of sp³-hybridized carbons (Fsp3) is 0.462. The molecule has 0 unspecified atom stereocenters. The maximum Gasteiger partial charge on any atom is 0.307 e. The lowest BCUT2D eigenvalue weighted by Gasteiger charge is -2.30. The van der Waals surface area contributed by atoms with Crippen molar-refractivity contribution in [3.63, 3.8) is 0 Å². The molecule has 0 aliphatic carbocycles. The van der Waals surface area contributed by atoms with Gasteiger partial charge in [0.2, 0.25) is 0 Å². The van der Waals surface area contributed by atoms with Crippen molar-refractivity contribution in [1.82, 2.24) is 0 Å². The van der Waals surface area contributed by atoms with Crippen molar-refractivity contribution in [3.8, 4) is 0 Å². The Morgan fingerprint density at radius 3 is 2.65 bits per heavy atom. The quantitative estimate of drug-likeness (QED) is 0.877. The number of carboxylic acid groups (broad SMARTS) is 1. The van der Waals surface area contributed by atoms with E-state index in [1.165, 1.54) is 18.6 Å². The Bertz CT molecular complexity index is 414. The van der Waals surface area contributed by atoms with Crippen LogP contribution in [0.2, 0.25) is 0 Å². The van der Waals surface area contributed by atoms with Crippen LogP contribution >= 0.6 is 0 Å². The Balaban J connectivity index is 2.27. The van der Waals surface area contributed by atoms with Gasteiger partial charge in [-0.05, 0) is 43.0 Å². The molecular formula is C13H16FNO2. The number of hydrogen-bond donors (Lipinski definition) is 1. The molecule has 1 saturated heterocycles. The molecule has 17 heavy (non-hydrogen) atoms. The fourth-order valence-electron chi connectivity index (χ4n) is 2.30. The molecule has 4 heteroatoms. The lowest BCUT2D eigenvalue weighted by Crippen LogP contribution is -2.30. The van der Waals surface area contributed by atoms with E-state index in [2.05, 4.69) is 4.90 Å². The molecule has 0 amide bonds. The number of carboxylic acids is 1. The van der Waals surface area contributed by atoms with Gasteiger partial charge in [0.05, 0.1) is 6.42 Å². The molecule has 1 aromatic carbocycles. The van der Waals surface area contributed by atoms with Gasteiger partial charge >= 0.3 is 5.97 Å². The summed E-state index contributed by atoms with van der Waals surface area (Å²) in [4.78, 5) is 12.9. The first kappa shape index (κ1) is 11.9. The summed E-state index contributed by atoms with van der Waals surface area (Å²) in [5.41, 5.74) is 1.44. The van der Waals surface area contributed by atoms with Crippen molar-refractivity contribution >= 4 is 11.7 Å². The third kappa shape index (κ3) is 2.96. The lowest BCUT2D eigenvalue weighted by molar-refractivity contribution is -0.136. The molecular weight excluding hydrogens is 221 g/mol. The lowest BCUT2D eigenvalue weighted by atomic mass is 10.0. The minimum absolute atomic E-state index is 0.121. The van der Waals surface area contributed by atoms with Gasteiger partial charge in [0.25, 0.3) is 0 Å². The molecule has 1 fully saturated rings. The van der Waals surface area contributed by atoms with E-state index in [4.69, 9.17) is 5.11 Å². The van der Waals surface area contributed by atoms with E-state index in [1.807, 2.05) is 0 Å². The van der Waals surface area contributed by atoms with Gasteiger partial charge < -0.3 is 10.0 Å². The number of anilines is 1. The monoisotopic (exact) mass is 237 g/mol. The standard InChI is InChI=1S/C13H16FNO2/c14-11-4-5-12(10(8-11)9-13(16)17)15-6-2-1-3-7-15/h4-5,8H,1-3,6-7,9H2,(H,16,17). The average Bonchev–Trinajstić information content (AvgIpc) is 2.29. The van der Waals surface area contributed by atoms with Crippen LogP contribution in [0.4, 0.5) is 10.1 Å². The number of rotatable bonds is 3. The zero-order valence-electron chi connectivity index (χ0n) is 9.66. The van der Waals surface area contributed by atoms with Crippen LogP contribution in [0.1, 0.15) is 24.8 Å². The van der Waals surface area contributed by atoms with Crippen LogP contribution in [-0.2, 0) is 11.2 Å². The van der Waals surface area contributed by atoms with E-state index in [9.17, 15) is 9.18 Å². The Morgan fingerprint density at radius 1 is 1.29 bits per heavy atom. The van der Waals surface area contributed by atoms with Crippen LogP contribution in [0.5, 0.6) is 0 Å². The van der Waals surface area contributed by atoms with Gasteiger partial charge in [0.1, 0.15) is 5.82 Å². The highest BCUT2D eigenvalue weighted by Crippen LogP contribution is 2.25. The second-order valence-electron chi connectivity index (χ2n) is 4.39. The van der Waals surface area contributed by atoms with E-state index in [0.29, 0.717) is 5.56 Å². The van der Waals surface area contributed by atoms with Crippen molar-refractivity contribution in [2.24, 2.45) is 0 Å². The summed E-state index contributed by atoms with van der Waals surface area (Å²) in [6, 6.07) is 4.42. The fourth-order valence-corrected chi connectivity index (χ4v) is 2.30. The summed E-state index contributed by atoms with van der Waals surface area (Å²) >= 11 is 0. The van der Waals surface area contributed by atoms with Crippen molar-refractivity contribution in [1.29, 1.82) is 0 Å². The van der Waals surface area contributed by atoms with Gasteiger partial charge in [-0.2, -0.15) is 0 Å². The first-order valence-electron chi connectivity index (χ1n) is 5.92. The SMILES string of the molecule is O=C(O)Cc1cc(F)ccc1N1CCCCC1. The molecule has 1 aromatic rings. The Kier molecular flexibility index (Phi) is 3.61. The van der Waals surface area contributed by atoms with Crippen LogP contribution in [-0.4, -0.2) is 24.2 Å². The third-order valence-corrected chi connectivity index (χ3v) is 3.08. The van der Waals surface area contributed by atoms with Crippen molar-refractivity contribution in [2.75, 3.05) is 18.0 Å². The topological polar surface area (TPSA) is 40.5 Å². The second kappa shape index (κ2) is 5.17. The highest BCUT2D eigenvalue weighted by Gasteiger charge is 2.16. The Morgan fingerprint density at radius 2 is 2.00 bits per heavy atom. The van der Waals surface area contributed by atoms with Crippen molar-refractivity contribution in [2.45, 2.75) is 25.7 Å². The zero-order chi connectivity index (χ0) is 12.3. The van der Waals surface area contributed by atoms with Gasteiger partial charge in [-0.1, -0.05) is 0 Å². The van der Waals surface area contributed by atoms with Crippen LogP contribution in [0.3, 0.4) is 0 Å². The molecule has 0 radical (unpaired) electrons. The highest BCUT2D eigenvalue weighted by molar-refractivity contribution is 5.73. The first-order valence-corrected chi connectivity index (χ1v) is 5.92. The smallest absolute Gasteiger partial charge is 0.307 e. The predicted molar refractivity (Wildman–Crippen MR) is 63.8 cm³/mol. The molecule has 92 valence electrons. The van der Waals surface area contributed by atoms with E-state index in [-0.39, 0.29) is 12.2 Å². The maximum absolute atomic E-state index is 13.2. The predicted octanol–water partition coefficient (Wildman–Crippen LogP) is 2.44. The Labute approximate surface area is 99.9 Å². The molecule has 1 heterocycles. The van der Waals surface area contributed by atoms with Crippen molar-refractivity contribution < 1.29 is 14.3 Å². The molecule has 1 N–H and O–H groups in total. The average molecular weight is 237 g/mol. The minimum atomic E-state index is -0.922. The minimum Gasteiger partial charge on any atom is -0.481 e. The zero-order valence-corrected chi connectivity index (χ0v) is 9.66. The van der Waals surface area contributed by atoms with Crippen LogP contribution in [0.15, 0.2) is 18.2 Å². The maximum atomic E-state index is 13.2. The van der Waals surface area contributed by atoms with Crippen LogP contribution in [0.25, 0.3) is 0 Å². The molecule has 3 nitrogen and oxygen atoms in total. The summed E-state index contributed by atoms with van der Waals surface area (Å²) < 4.78 is 13.2. The van der Waals surface area contributed by atoms with Crippen molar-refractivity contribution in [3.05, 3.63) is 29.6 Å². The number of piperidine rings is 1. The van der Waals surface area contributed by atoms with E-state index in [1.54, 1.807) is 6.07 Å². The summed E-state index contributed by atoms with van der Waals surface area (Å²) in [6.07, 6.45) is 3.32. The molecule has 1 aliphatic heterocycles. The van der Waals surface area contributed by atoms with Gasteiger partial charge in [-0.3, -0.25) is 4.79 Å². The van der Waals surface area contributed by atoms with Gasteiger partial charge in [-0.15, -0.1) is 0 Å². The third-order valence-electron chi connectivity index (χ3n) is 3.08. The van der Waals surface area contributed by atoms with Gasteiger partial charge in [-0.25, -0.2) is 4.39 Å². The van der Waals surface area contributed by atoms with Gasteiger partial charge in [0.15, 0.2) is 0 Å². The van der Waals surface area contributed by atoms with Crippen LogP contribution < -0.4 is 4.90 Å². The number of nitrogens with zero attached hydrogens (tertiary/aromatic N) is 1. The first-order chi connectivity index (χ1) is 8.16. The number of benzene rings is 1. The number of carbonyl (C=O) groups is 1. The molecule has 1 aliphatic rings. The van der Waals surface area contributed by atoms with E-state index in [0.717, 1.165) is 31.6 Å². The molecule has 2 rings (SSSR count). The summed E-state index contributed by atoms with van der Waals surface area (Å²) in [7, 11) is 0. The van der Waals surface area contributed by atoms with E-state index < -0.39 is 5.97 Å². The summed E-state index contributed by atoms with van der Waals surface area (Å²) in [5.74, 6) is -1.30. The molecule has 0 bridgehead atoms. The summed E-state index contributed by atoms with van der Waals surface area (Å²) in [5, 5.41) is 8.84. The Hall–Kier alpha value is -1.58.